The Balaban J connectivity index is 1.42. The molecule has 0 aliphatic heterocycles. The van der Waals surface area contributed by atoms with E-state index in [9.17, 15) is 0 Å². The topological polar surface area (TPSA) is 0 Å². The first-order valence-electron chi connectivity index (χ1n) is 9.58. The van der Waals surface area contributed by atoms with Crippen molar-refractivity contribution in [1.29, 1.82) is 0 Å². The molecule has 1 heteroatoms. The van der Waals surface area contributed by atoms with Crippen molar-refractivity contribution in [2.45, 2.75) is 78.9 Å². The molecule has 0 heterocycles. The predicted molar refractivity (Wildman–Crippen MR) is 91.6 cm³/mol. The Kier molecular flexibility index (Phi) is 3.02. The van der Waals surface area contributed by atoms with E-state index in [1.807, 2.05) is 0 Å². The van der Waals surface area contributed by atoms with Gasteiger partial charge in [0.25, 0.3) is 0 Å². The second-order valence-corrected chi connectivity index (χ2v) is 10.4. The number of hydrogen-bond acceptors (Lipinski definition) is 0. The van der Waals surface area contributed by atoms with Crippen LogP contribution >= 0.6 is 0 Å². The van der Waals surface area contributed by atoms with Crippen LogP contribution in [0.1, 0.15) is 67.2 Å². The molecule has 0 nitrogen and oxygen atoms in total. The zero-order valence-corrected chi connectivity index (χ0v) is 15.0. The van der Waals surface area contributed by atoms with E-state index in [1.54, 1.807) is 0 Å². The summed E-state index contributed by atoms with van der Waals surface area (Å²) in [4.78, 5) is 0. The third kappa shape index (κ3) is 1.81. The van der Waals surface area contributed by atoms with E-state index in [1.165, 1.54) is 25.7 Å². The van der Waals surface area contributed by atoms with Gasteiger partial charge in [0.1, 0.15) is 7.28 Å². The molecule has 6 aliphatic rings. The standard InChI is InChI=1S/C20H34B/c1-11-15-7-13(19(15,3)4)9-17(11)21-18-10-14-8-16(12(18)2)20(14,5)6/h11-18H,7-10H2,1-6H3/t11-,12-,13+,14+,15-,16-,17-,18-/m0/s1. The van der Waals surface area contributed by atoms with Gasteiger partial charge < -0.3 is 0 Å². The van der Waals surface area contributed by atoms with Gasteiger partial charge >= 0.3 is 0 Å². The van der Waals surface area contributed by atoms with Gasteiger partial charge in [0.2, 0.25) is 0 Å². The minimum Gasteiger partial charge on any atom is -0.0655 e. The summed E-state index contributed by atoms with van der Waals surface area (Å²) in [5.41, 5.74) is 1.29. The first-order valence-corrected chi connectivity index (χ1v) is 9.58. The van der Waals surface area contributed by atoms with Gasteiger partial charge in [-0.3, -0.25) is 0 Å². The van der Waals surface area contributed by atoms with Crippen molar-refractivity contribution in [1.82, 2.24) is 0 Å². The summed E-state index contributed by atoms with van der Waals surface area (Å²) in [5, 5.41) is 0. The number of hydrogen-bond donors (Lipinski definition) is 0. The molecule has 0 saturated heterocycles. The molecule has 0 spiro atoms. The molecular weight excluding hydrogens is 251 g/mol. The Morgan fingerprint density at radius 3 is 1.33 bits per heavy atom. The number of rotatable bonds is 2. The molecule has 0 unspecified atom stereocenters. The first kappa shape index (κ1) is 14.6. The second kappa shape index (κ2) is 4.32. The van der Waals surface area contributed by atoms with E-state index < -0.39 is 0 Å². The molecular formula is C20H34B. The molecule has 6 rings (SSSR count). The minimum atomic E-state index is 0.645. The Morgan fingerprint density at radius 2 is 1.05 bits per heavy atom. The zero-order chi connectivity index (χ0) is 15.2. The van der Waals surface area contributed by atoms with E-state index in [4.69, 9.17) is 0 Å². The molecule has 1 radical (unpaired) electrons. The molecule has 0 aromatic heterocycles. The van der Waals surface area contributed by atoms with Gasteiger partial charge in [0.05, 0.1) is 0 Å². The summed E-state index contributed by atoms with van der Waals surface area (Å²) in [7, 11) is 2.86. The van der Waals surface area contributed by atoms with Gasteiger partial charge in [-0.1, -0.05) is 66.0 Å². The Hall–Kier alpha value is 0.0649. The normalized spacial score (nSPS) is 56.1. The van der Waals surface area contributed by atoms with Crippen LogP contribution < -0.4 is 0 Å². The highest BCUT2D eigenvalue weighted by Gasteiger charge is 2.59. The van der Waals surface area contributed by atoms with Gasteiger partial charge in [-0.05, 0) is 59.2 Å². The van der Waals surface area contributed by atoms with Crippen LogP contribution in [0.4, 0.5) is 0 Å². The van der Waals surface area contributed by atoms with Crippen LogP contribution in [-0.2, 0) is 0 Å². The predicted octanol–water partition coefficient (Wildman–Crippen LogP) is 5.67. The molecule has 0 aromatic rings. The summed E-state index contributed by atoms with van der Waals surface area (Å²) < 4.78 is 0. The SMILES string of the molecule is C[C@@H]1[C@@H]([B][C@H]2C[C@H]3C[C@@H]([C@@H]2C)C3(C)C)C[C@H]2C[C@@H]1C2(C)C. The molecule has 21 heavy (non-hydrogen) atoms. The maximum absolute atomic E-state index is 2.86. The molecule has 4 bridgehead atoms. The monoisotopic (exact) mass is 285 g/mol. The Bertz CT molecular complexity index is 397. The third-order valence-corrected chi connectivity index (χ3v) is 9.32. The van der Waals surface area contributed by atoms with Crippen molar-refractivity contribution >= 4 is 7.28 Å². The van der Waals surface area contributed by atoms with Crippen LogP contribution in [0.5, 0.6) is 0 Å². The summed E-state index contributed by atoms with van der Waals surface area (Å²) in [6, 6.07) is 0. The summed E-state index contributed by atoms with van der Waals surface area (Å²) in [6.45, 7) is 15.2. The van der Waals surface area contributed by atoms with Crippen LogP contribution in [-0.4, -0.2) is 7.28 Å². The lowest BCUT2D eigenvalue weighted by Gasteiger charge is -2.65. The van der Waals surface area contributed by atoms with Crippen molar-refractivity contribution in [3.63, 3.8) is 0 Å². The lowest BCUT2D eigenvalue weighted by molar-refractivity contribution is -0.106. The van der Waals surface area contributed by atoms with Crippen molar-refractivity contribution in [3.05, 3.63) is 0 Å². The van der Waals surface area contributed by atoms with Crippen LogP contribution in [0.2, 0.25) is 11.6 Å². The number of fused-ring (bicyclic) bond motifs is 4. The fourth-order valence-corrected chi connectivity index (χ4v) is 7.21. The van der Waals surface area contributed by atoms with E-state index >= 15 is 0 Å². The minimum absolute atomic E-state index is 0.645. The quantitative estimate of drug-likeness (QED) is 0.573. The highest BCUT2D eigenvalue weighted by Crippen LogP contribution is 2.68. The van der Waals surface area contributed by atoms with E-state index in [2.05, 4.69) is 48.8 Å². The molecule has 6 aliphatic carbocycles. The summed E-state index contributed by atoms with van der Waals surface area (Å²) in [5.74, 6) is 7.76. The van der Waals surface area contributed by atoms with Gasteiger partial charge in [-0.2, -0.15) is 0 Å². The average molecular weight is 285 g/mol. The van der Waals surface area contributed by atoms with Crippen LogP contribution in [0.25, 0.3) is 0 Å². The van der Waals surface area contributed by atoms with E-state index in [-0.39, 0.29) is 0 Å². The molecule has 8 atom stereocenters. The Morgan fingerprint density at radius 1 is 0.667 bits per heavy atom. The van der Waals surface area contributed by atoms with Crippen molar-refractivity contribution in [3.8, 4) is 0 Å². The highest BCUT2D eigenvalue weighted by molar-refractivity contribution is 6.40. The van der Waals surface area contributed by atoms with Crippen LogP contribution in [0.3, 0.4) is 0 Å². The summed E-state index contributed by atoms with van der Waals surface area (Å²) in [6.07, 6.45) is 6.03. The Labute approximate surface area is 133 Å². The molecule has 117 valence electrons. The van der Waals surface area contributed by atoms with E-state index in [0.717, 1.165) is 47.1 Å². The molecule has 0 aromatic carbocycles. The second-order valence-electron chi connectivity index (χ2n) is 10.4. The maximum atomic E-state index is 2.86. The van der Waals surface area contributed by atoms with Crippen molar-refractivity contribution < 1.29 is 0 Å². The van der Waals surface area contributed by atoms with Crippen molar-refractivity contribution in [2.24, 2.45) is 46.3 Å². The van der Waals surface area contributed by atoms with Crippen LogP contribution in [0.15, 0.2) is 0 Å². The lowest BCUT2D eigenvalue weighted by atomic mass is 9.31. The third-order valence-electron chi connectivity index (χ3n) is 9.32. The zero-order valence-electron chi connectivity index (χ0n) is 15.0. The van der Waals surface area contributed by atoms with Gasteiger partial charge in [-0.25, -0.2) is 0 Å². The fraction of sp³-hybridized carbons (Fsp3) is 1.00. The van der Waals surface area contributed by atoms with E-state index in [0.29, 0.717) is 10.8 Å². The molecule has 6 fully saturated rings. The van der Waals surface area contributed by atoms with Gasteiger partial charge in [-0.15, -0.1) is 0 Å². The molecule has 0 amide bonds. The molecule has 0 N–H and O–H groups in total. The molecule has 6 saturated carbocycles. The smallest absolute Gasteiger partial charge is 0.0655 e. The van der Waals surface area contributed by atoms with Gasteiger partial charge in [0.15, 0.2) is 0 Å². The highest BCUT2D eigenvalue weighted by atomic mass is 14.6. The maximum Gasteiger partial charge on any atom is 0.118 e. The van der Waals surface area contributed by atoms with Crippen LogP contribution in [0, 0.1) is 46.3 Å². The lowest BCUT2D eigenvalue weighted by Crippen LogP contribution is -2.57. The largest absolute Gasteiger partial charge is 0.118 e. The summed E-state index contributed by atoms with van der Waals surface area (Å²) >= 11 is 0. The fourth-order valence-electron chi connectivity index (χ4n) is 7.21. The van der Waals surface area contributed by atoms with Gasteiger partial charge in [0, 0.05) is 0 Å². The first-order chi connectivity index (χ1) is 9.73. The van der Waals surface area contributed by atoms with Crippen molar-refractivity contribution in [2.75, 3.05) is 0 Å². The average Bonchev–Trinajstić information content (AvgIpc) is 2.41.